The van der Waals surface area contributed by atoms with E-state index in [-0.39, 0.29) is 10.6 Å². The van der Waals surface area contributed by atoms with Gasteiger partial charge in [-0.25, -0.2) is 4.79 Å². The van der Waals surface area contributed by atoms with E-state index in [2.05, 4.69) is 41.1 Å². The van der Waals surface area contributed by atoms with Crippen LogP contribution in [0.4, 0.5) is 0 Å². The number of oxazole rings is 1. The average molecular weight is 366 g/mol. The van der Waals surface area contributed by atoms with Crippen LogP contribution in [-0.4, -0.2) is 4.57 Å². The first kappa shape index (κ1) is 14.6. The summed E-state index contributed by atoms with van der Waals surface area (Å²) in [6, 6.07) is 10.2. The molecule has 1 unspecified atom stereocenters. The van der Waals surface area contributed by atoms with E-state index in [1.54, 1.807) is 15.9 Å². The second-order valence-electron chi connectivity index (χ2n) is 5.06. The third-order valence-corrected chi connectivity index (χ3v) is 5.83. The molecular formula is C16H16BrNO2S. The number of aromatic nitrogens is 1. The SMILES string of the molecule is CCCn1c(=O)oc2cc(C(Br)c3ccc(C)s3)ccc21. The number of hydrogen-bond donors (Lipinski definition) is 0. The van der Waals surface area contributed by atoms with E-state index in [0.717, 1.165) is 17.5 Å². The van der Waals surface area contributed by atoms with Gasteiger partial charge in [-0.05, 0) is 43.2 Å². The first-order valence-corrected chi connectivity index (χ1v) is 8.67. The van der Waals surface area contributed by atoms with Gasteiger partial charge in [-0.1, -0.05) is 28.9 Å². The molecule has 2 aromatic heterocycles. The standard InChI is InChI=1S/C16H16BrNO2S/c1-3-8-18-12-6-5-11(9-13(12)20-16(18)19)15(17)14-7-4-10(2)21-14/h4-7,9,15H,3,8H2,1-2H3. The van der Waals surface area contributed by atoms with Crippen molar-refractivity contribution >= 4 is 38.4 Å². The maximum absolute atomic E-state index is 11.9. The smallest absolute Gasteiger partial charge is 0.408 e. The number of thiophene rings is 1. The topological polar surface area (TPSA) is 35.1 Å². The lowest BCUT2D eigenvalue weighted by atomic mass is 10.1. The van der Waals surface area contributed by atoms with Crippen LogP contribution in [0.1, 0.15) is 33.5 Å². The minimum absolute atomic E-state index is 0.125. The fourth-order valence-corrected chi connectivity index (χ4v) is 4.03. The van der Waals surface area contributed by atoms with Gasteiger partial charge in [0.2, 0.25) is 0 Å². The summed E-state index contributed by atoms with van der Waals surface area (Å²) in [5.41, 5.74) is 2.62. The second kappa shape index (κ2) is 5.81. The second-order valence-corrected chi connectivity index (χ2v) is 7.29. The zero-order valence-electron chi connectivity index (χ0n) is 11.9. The molecule has 2 heterocycles. The lowest BCUT2D eigenvalue weighted by molar-refractivity contribution is 0.502. The largest absolute Gasteiger partial charge is 0.419 e. The van der Waals surface area contributed by atoms with Crippen molar-refractivity contribution in [3.63, 3.8) is 0 Å². The first-order chi connectivity index (χ1) is 10.1. The molecule has 5 heteroatoms. The van der Waals surface area contributed by atoms with E-state index in [9.17, 15) is 4.79 Å². The summed E-state index contributed by atoms with van der Waals surface area (Å²) in [5, 5.41) is 0. The summed E-state index contributed by atoms with van der Waals surface area (Å²) < 4.78 is 7.07. The van der Waals surface area contributed by atoms with Crippen LogP contribution < -0.4 is 5.76 Å². The number of aryl methyl sites for hydroxylation is 2. The molecule has 1 atom stereocenters. The van der Waals surface area contributed by atoms with E-state index in [4.69, 9.17) is 4.42 Å². The normalized spacial score (nSPS) is 12.9. The Labute approximate surface area is 135 Å². The molecule has 0 spiro atoms. The molecule has 0 bridgehead atoms. The van der Waals surface area contributed by atoms with E-state index in [1.165, 1.54) is 9.75 Å². The molecule has 0 saturated carbocycles. The van der Waals surface area contributed by atoms with Crippen LogP contribution >= 0.6 is 27.3 Å². The molecule has 0 aliphatic rings. The van der Waals surface area contributed by atoms with Gasteiger partial charge in [0.1, 0.15) is 0 Å². The minimum atomic E-state index is -0.276. The van der Waals surface area contributed by atoms with Gasteiger partial charge in [0.05, 0.1) is 10.3 Å². The third-order valence-electron chi connectivity index (χ3n) is 3.44. The summed E-state index contributed by atoms with van der Waals surface area (Å²) >= 11 is 5.50. The zero-order chi connectivity index (χ0) is 15.0. The Morgan fingerprint density at radius 1 is 1.33 bits per heavy atom. The maximum atomic E-state index is 11.9. The molecule has 0 aliphatic heterocycles. The summed E-state index contributed by atoms with van der Waals surface area (Å²) in [6.45, 7) is 4.83. The van der Waals surface area contributed by atoms with Crippen LogP contribution in [-0.2, 0) is 6.54 Å². The number of fused-ring (bicyclic) bond motifs is 1. The van der Waals surface area contributed by atoms with Crippen molar-refractivity contribution in [2.75, 3.05) is 0 Å². The fourth-order valence-electron chi connectivity index (χ4n) is 2.43. The number of rotatable bonds is 4. The number of alkyl halides is 1. The fraction of sp³-hybridized carbons (Fsp3) is 0.312. The molecule has 3 nitrogen and oxygen atoms in total. The molecule has 21 heavy (non-hydrogen) atoms. The summed E-state index contributed by atoms with van der Waals surface area (Å²) in [5.74, 6) is -0.276. The molecule has 110 valence electrons. The van der Waals surface area contributed by atoms with Crippen molar-refractivity contribution < 1.29 is 4.42 Å². The van der Waals surface area contributed by atoms with Crippen molar-refractivity contribution in [1.29, 1.82) is 0 Å². The van der Waals surface area contributed by atoms with Crippen molar-refractivity contribution in [2.45, 2.75) is 31.6 Å². The Morgan fingerprint density at radius 2 is 2.14 bits per heavy atom. The summed E-state index contributed by atoms with van der Waals surface area (Å²) in [7, 11) is 0. The van der Waals surface area contributed by atoms with Crippen LogP contribution in [0.5, 0.6) is 0 Å². The van der Waals surface area contributed by atoms with E-state index >= 15 is 0 Å². The van der Waals surface area contributed by atoms with Crippen LogP contribution in [0.2, 0.25) is 0 Å². The quantitative estimate of drug-likeness (QED) is 0.618. The van der Waals surface area contributed by atoms with Crippen molar-refractivity contribution in [3.05, 3.63) is 56.2 Å². The monoisotopic (exact) mass is 365 g/mol. The minimum Gasteiger partial charge on any atom is -0.408 e. The Balaban J connectivity index is 2.03. The number of halogens is 1. The Hall–Kier alpha value is -1.33. The van der Waals surface area contributed by atoms with Crippen molar-refractivity contribution in [1.82, 2.24) is 4.57 Å². The molecular weight excluding hydrogens is 350 g/mol. The highest BCUT2D eigenvalue weighted by atomic mass is 79.9. The van der Waals surface area contributed by atoms with Gasteiger partial charge in [-0.3, -0.25) is 4.57 Å². The highest BCUT2D eigenvalue weighted by molar-refractivity contribution is 9.09. The van der Waals surface area contributed by atoms with Gasteiger partial charge in [-0.15, -0.1) is 11.3 Å². The molecule has 0 fully saturated rings. The van der Waals surface area contributed by atoms with Gasteiger partial charge in [0, 0.05) is 16.3 Å². The van der Waals surface area contributed by atoms with Crippen LogP contribution in [0.25, 0.3) is 11.1 Å². The highest BCUT2D eigenvalue weighted by Crippen LogP contribution is 2.36. The van der Waals surface area contributed by atoms with Gasteiger partial charge in [-0.2, -0.15) is 0 Å². The van der Waals surface area contributed by atoms with Crippen LogP contribution in [0.15, 0.2) is 39.5 Å². The Morgan fingerprint density at radius 3 is 2.81 bits per heavy atom. The van der Waals surface area contributed by atoms with E-state index in [0.29, 0.717) is 12.1 Å². The summed E-state index contributed by atoms with van der Waals surface area (Å²) in [6.07, 6.45) is 0.909. The number of benzene rings is 1. The highest BCUT2D eigenvalue weighted by Gasteiger charge is 2.15. The van der Waals surface area contributed by atoms with Crippen LogP contribution in [0.3, 0.4) is 0 Å². The van der Waals surface area contributed by atoms with Gasteiger partial charge in [0.25, 0.3) is 0 Å². The molecule has 3 rings (SSSR count). The number of hydrogen-bond acceptors (Lipinski definition) is 3. The Kier molecular flexibility index (Phi) is 4.04. The Bertz CT molecular complexity index is 830. The molecule has 0 amide bonds. The molecule has 3 aromatic rings. The maximum Gasteiger partial charge on any atom is 0.419 e. The van der Waals surface area contributed by atoms with E-state index in [1.807, 2.05) is 19.1 Å². The molecule has 0 saturated heterocycles. The molecule has 1 aromatic carbocycles. The zero-order valence-corrected chi connectivity index (χ0v) is 14.3. The number of nitrogens with zero attached hydrogens (tertiary/aromatic N) is 1. The molecule has 0 radical (unpaired) electrons. The predicted octanol–water partition coefficient (Wildman–Crippen LogP) is 4.86. The molecule has 0 N–H and O–H groups in total. The van der Waals surface area contributed by atoms with Crippen LogP contribution in [0, 0.1) is 6.92 Å². The van der Waals surface area contributed by atoms with Crippen molar-refractivity contribution in [2.24, 2.45) is 0 Å². The average Bonchev–Trinajstić information content (AvgIpc) is 3.02. The van der Waals surface area contributed by atoms with Gasteiger partial charge in [0.15, 0.2) is 5.58 Å². The van der Waals surface area contributed by atoms with Crippen molar-refractivity contribution in [3.8, 4) is 0 Å². The molecule has 0 aliphatic carbocycles. The van der Waals surface area contributed by atoms with Gasteiger partial charge >= 0.3 is 5.76 Å². The van der Waals surface area contributed by atoms with Gasteiger partial charge < -0.3 is 4.42 Å². The van der Waals surface area contributed by atoms with E-state index < -0.39 is 0 Å². The predicted molar refractivity (Wildman–Crippen MR) is 90.6 cm³/mol. The lowest BCUT2D eigenvalue weighted by Gasteiger charge is -2.08. The first-order valence-electron chi connectivity index (χ1n) is 6.94. The third kappa shape index (κ3) is 2.72. The summed E-state index contributed by atoms with van der Waals surface area (Å²) in [4.78, 5) is 14.5. The lowest BCUT2D eigenvalue weighted by Crippen LogP contribution is -2.13.